The fraction of sp³-hybridized carbons (Fsp3) is 0.867. The van der Waals surface area contributed by atoms with Crippen LogP contribution in [0.5, 0.6) is 0 Å². The number of rotatable bonds is 6. The van der Waals surface area contributed by atoms with Crippen LogP contribution >= 0.6 is 0 Å². The Labute approximate surface area is 125 Å². The first kappa shape index (κ1) is 16.2. The van der Waals surface area contributed by atoms with Gasteiger partial charge in [-0.3, -0.25) is 9.59 Å². The molecule has 2 aliphatic rings. The molecule has 0 atom stereocenters. The second-order valence-corrected chi connectivity index (χ2v) is 6.14. The number of carbonyl (C=O) groups is 2. The maximum Gasteiger partial charge on any atom is 0.306 e. The van der Waals surface area contributed by atoms with E-state index >= 15 is 0 Å². The lowest BCUT2D eigenvalue weighted by molar-refractivity contribution is -0.143. The molecule has 0 unspecified atom stereocenters. The molecule has 0 aromatic heterocycles. The van der Waals surface area contributed by atoms with Crippen LogP contribution in [0, 0.1) is 11.8 Å². The van der Waals surface area contributed by atoms with Crippen LogP contribution in [0.15, 0.2) is 0 Å². The zero-order valence-electron chi connectivity index (χ0n) is 12.5. The van der Waals surface area contributed by atoms with Crippen molar-refractivity contribution < 1.29 is 19.4 Å². The Morgan fingerprint density at radius 2 is 1.71 bits per heavy atom. The molecule has 120 valence electrons. The Hall–Kier alpha value is -1.14. The number of ether oxygens (including phenoxy) is 1. The van der Waals surface area contributed by atoms with Crippen molar-refractivity contribution in [1.29, 1.82) is 0 Å². The van der Waals surface area contributed by atoms with Crippen molar-refractivity contribution >= 4 is 11.9 Å². The number of carboxylic acid groups (broad SMARTS) is 1. The SMILES string of the molecule is O=C(CNCC1CCC(C(=O)O)CC1)NC1CCOCC1. The predicted octanol–water partition coefficient (Wildman–Crippen LogP) is 0.762. The minimum atomic E-state index is -0.669. The molecule has 0 aromatic rings. The van der Waals surface area contributed by atoms with E-state index in [2.05, 4.69) is 10.6 Å². The molecule has 1 heterocycles. The first-order chi connectivity index (χ1) is 10.1. The van der Waals surface area contributed by atoms with Gasteiger partial charge in [0.15, 0.2) is 0 Å². The van der Waals surface area contributed by atoms with Gasteiger partial charge in [-0.05, 0) is 51.0 Å². The second-order valence-electron chi connectivity index (χ2n) is 6.14. The van der Waals surface area contributed by atoms with E-state index in [4.69, 9.17) is 9.84 Å². The minimum Gasteiger partial charge on any atom is -0.481 e. The first-order valence-corrected chi connectivity index (χ1v) is 7.95. The summed E-state index contributed by atoms with van der Waals surface area (Å²) in [5.74, 6) is -0.298. The molecule has 1 aliphatic carbocycles. The average Bonchev–Trinajstić information content (AvgIpc) is 2.49. The number of nitrogens with one attached hydrogen (secondary N) is 2. The highest BCUT2D eigenvalue weighted by atomic mass is 16.5. The average molecular weight is 298 g/mol. The number of carbonyl (C=O) groups excluding carboxylic acids is 1. The van der Waals surface area contributed by atoms with Gasteiger partial charge >= 0.3 is 5.97 Å². The number of carboxylic acids is 1. The summed E-state index contributed by atoms with van der Waals surface area (Å²) in [6.07, 6.45) is 5.18. The lowest BCUT2D eigenvalue weighted by Crippen LogP contribution is -2.43. The molecular weight excluding hydrogens is 272 g/mol. The van der Waals surface area contributed by atoms with E-state index in [-0.39, 0.29) is 17.9 Å². The summed E-state index contributed by atoms with van der Waals surface area (Å²) in [5.41, 5.74) is 0. The van der Waals surface area contributed by atoms with E-state index in [9.17, 15) is 9.59 Å². The molecular formula is C15H26N2O4. The fourth-order valence-corrected chi connectivity index (χ4v) is 3.12. The largest absolute Gasteiger partial charge is 0.481 e. The first-order valence-electron chi connectivity index (χ1n) is 7.95. The summed E-state index contributed by atoms with van der Waals surface area (Å²) in [5, 5.41) is 15.2. The Balaban J connectivity index is 1.55. The summed E-state index contributed by atoms with van der Waals surface area (Å²) in [6.45, 7) is 2.60. The zero-order valence-corrected chi connectivity index (χ0v) is 12.5. The summed E-state index contributed by atoms with van der Waals surface area (Å²) in [6, 6.07) is 0.249. The van der Waals surface area contributed by atoms with E-state index in [1.807, 2.05) is 0 Å². The van der Waals surface area contributed by atoms with Gasteiger partial charge in [-0.2, -0.15) is 0 Å². The lowest BCUT2D eigenvalue weighted by atomic mass is 9.82. The van der Waals surface area contributed by atoms with Crippen LogP contribution in [0.4, 0.5) is 0 Å². The normalized spacial score (nSPS) is 27.2. The molecule has 0 radical (unpaired) electrons. The lowest BCUT2D eigenvalue weighted by Gasteiger charge is -2.26. The fourth-order valence-electron chi connectivity index (χ4n) is 3.12. The summed E-state index contributed by atoms with van der Waals surface area (Å²) < 4.78 is 5.26. The third-order valence-corrected chi connectivity index (χ3v) is 4.50. The van der Waals surface area contributed by atoms with Gasteiger partial charge in [-0.25, -0.2) is 0 Å². The van der Waals surface area contributed by atoms with Gasteiger partial charge in [0.2, 0.25) is 5.91 Å². The van der Waals surface area contributed by atoms with Gasteiger partial charge in [-0.15, -0.1) is 0 Å². The van der Waals surface area contributed by atoms with Crippen LogP contribution in [0.3, 0.4) is 0 Å². The number of amides is 1. The molecule has 1 saturated carbocycles. The van der Waals surface area contributed by atoms with Gasteiger partial charge < -0.3 is 20.5 Å². The molecule has 3 N–H and O–H groups in total. The minimum absolute atomic E-state index is 0.0427. The van der Waals surface area contributed by atoms with Crippen LogP contribution < -0.4 is 10.6 Å². The van der Waals surface area contributed by atoms with Crippen LogP contribution in [-0.4, -0.2) is 49.3 Å². The monoisotopic (exact) mass is 298 g/mol. The summed E-state index contributed by atoms with van der Waals surface area (Å²) in [7, 11) is 0. The molecule has 0 bridgehead atoms. The number of aliphatic carboxylic acids is 1. The second kappa shape index (κ2) is 8.34. The standard InChI is InChI=1S/C15H26N2O4/c18-14(17-13-5-7-21-8-6-13)10-16-9-11-1-3-12(4-2-11)15(19)20/h11-13,16H,1-10H2,(H,17,18)(H,19,20). The van der Waals surface area contributed by atoms with Crippen LogP contribution in [0.25, 0.3) is 0 Å². The Kier molecular flexibility index (Phi) is 6.45. The quantitative estimate of drug-likeness (QED) is 0.674. The van der Waals surface area contributed by atoms with Gasteiger partial charge in [0.1, 0.15) is 0 Å². The van der Waals surface area contributed by atoms with Crippen LogP contribution in [0.1, 0.15) is 38.5 Å². The summed E-state index contributed by atoms with van der Waals surface area (Å²) >= 11 is 0. The molecule has 6 nitrogen and oxygen atoms in total. The molecule has 1 aliphatic heterocycles. The van der Waals surface area contributed by atoms with Gasteiger partial charge in [0.05, 0.1) is 12.5 Å². The molecule has 6 heteroatoms. The zero-order chi connectivity index (χ0) is 15.1. The number of hydrogen-bond acceptors (Lipinski definition) is 4. The van der Waals surface area contributed by atoms with Crippen molar-refractivity contribution in [3.63, 3.8) is 0 Å². The van der Waals surface area contributed by atoms with Crippen LogP contribution in [0.2, 0.25) is 0 Å². The topological polar surface area (TPSA) is 87.7 Å². The van der Waals surface area contributed by atoms with Crippen molar-refractivity contribution in [2.45, 2.75) is 44.6 Å². The molecule has 2 fully saturated rings. The van der Waals surface area contributed by atoms with Gasteiger partial charge in [0.25, 0.3) is 0 Å². The van der Waals surface area contributed by atoms with Crippen molar-refractivity contribution in [2.24, 2.45) is 11.8 Å². The highest BCUT2D eigenvalue weighted by molar-refractivity contribution is 5.78. The van der Waals surface area contributed by atoms with E-state index in [1.54, 1.807) is 0 Å². The molecule has 1 amide bonds. The highest BCUT2D eigenvalue weighted by Crippen LogP contribution is 2.28. The molecule has 1 saturated heterocycles. The maximum atomic E-state index is 11.8. The molecule has 0 aromatic carbocycles. The third-order valence-electron chi connectivity index (χ3n) is 4.50. The van der Waals surface area contributed by atoms with E-state index < -0.39 is 5.97 Å². The van der Waals surface area contributed by atoms with Gasteiger partial charge in [-0.1, -0.05) is 0 Å². The predicted molar refractivity (Wildman–Crippen MR) is 77.9 cm³/mol. The third kappa shape index (κ3) is 5.63. The smallest absolute Gasteiger partial charge is 0.306 e. The molecule has 2 rings (SSSR count). The Bertz CT molecular complexity index is 348. The molecule has 21 heavy (non-hydrogen) atoms. The van der Waals surface area contributed by atoms with Crippen molar-refractivity contribution in [2.75, 3.05) is 26.3 Å². The van der Waals surface area contributed by atoms with E-state index in [0.29, 0.717) is 12.5 Å². The Morgan fingerprint density at radius 3 is 2.33 bits per heavy atom. The maximum absolute atomic E-state index is 11.8. The van der Waals surface area contributed by atoms with Crippen molar-refractivity contribution in [3.8, 4) is 0 Å². The van der Waals surface area contributed by atoms with Gasteiger partial charge in [0, 0.05) is 19.3 Å². The van der Waals surface area contributed by atoms with Crippen molar-refractivity contribution in [3.05, 3.63) is 0 Å². The van der Waals surface area contributed by atoms with Crippen molar-refractivity contribution in [1.82, 2.24) is 10.6 Å². The summed E-state index contributed by atoms with van der Waals surface area (Å²) in [4.78, 5) is 22.7. The van der Waals surface area contributed by atoms with E-state index in [1.165, 1.54) is 0 Å². The Morgan fingerprint density at radius 1 is 1.05 bits per heavy atom. The number of hydrogen-bond donors (Lipinski definition) is 3. The van der Waals surface area contributed by atoms with E-state index in [0.717, 1.165) is 58.3 Å². The van der Waals surface area contributed by atoms with Crippen LogP contribution in [-0.2, 0) is 14.3 Å². The molecule has 0 spiro atoms. The highest BCUT2D eigenvalue weighted by Gasteiger charge is 2.25.